The molecule has 1 N–H and O–H groups in total. The molecular formula is C20H21NO2. The molecule has 3 nitrogen and oxygen atoms in total. The number of furan rings is 1. The Morgan fingerprint density at radius 2 is 1.74 bits per heavy atom. The summed E-state index contributed by atoms with van der Waals surface area (Å²) in [7, 11) is 0. The van der Waals surface area contributed by atoms with Crippen LogP contribution in [0.3, 0.4) is 0 Å². The fourth-order valence-corrected chi connectivity index (χ4v) is 2.76. The summed E-state index contributed by atoms with van der Waals surface area (Å²) in [5.74, 6) is 0.669. The second kappa shape index (κ2) is 6.69. The molecule has 0 saturated heterocycles. The van der Waals surface area contributed by atoms with Crippen molar-refractivity contribution in [1.29, 1.82) is 0 Å². The maximum Gasteiger partial charge on any atom is 0.287 e. The molecule has 3 aromatic rings. The van der Waals surface area contributed by atoms with Crippen LogP contribution in [0.1, 0.15) is 42.4 Å². The van der Waals surface area contributed by atoms with Crippen molar-refractivity contribution in [3.8, 4) is 0 Å². The number of rotatable bonds is 5. The van der Waals surface area contributed by atoms with Crippen LogP contribution < -0.4 is 5.32 Å². The van der Waals surface area contributed by atoms with E-state index in [1.807, 2.05) is 54.6 Å². The molecule has 1 aromatic heterocycles. The van der Waals surface area contributed by atoms with Crippen LogP contribution in [-0.4, -0.2) is 5.91 Å². The van der Waals surface area contributed by atoms with E-state index in [2.05, 4.69) is 19.2 Å². The summed E-state index contributed by atoms with van der Waals surface area (Å²) in [4.78, 5) is 12.6. The van der Waals surface area contributed by atoms with Gasteiger partial charge in [0, 0.05) is 5.39 Å². The number of carbonyl (C=O) groups excluding carboxylic acids is 1. The van der Waals surface area contributed by atoms with Crippen molar-refractivity contribution in [2.75, 3.05) is 0 Å². The number of carbonyl (C=O) groups is 1. The Labute approximate surface area is 136 Å². The van der Waals surface area contributed by atoms with Gasteiger partial charge in [-0.25, -0.2) is 0 Å². The minimum atomic E-state index is -0.171. The van der Waals surface area contributed by atoms with Gasteiger partial charge in [-0.05, 0) is 30.0 Å². The predicted molar refractivity (Wildman–Crippen MR) is 92.3 cm³/mol. The van der Waals surface area contributed by atoms with Gasteiger partial charge in [0.2, 0.25) is 0 Å². The average Bonchev–Trinajstić information content (AvgIpc) is 2.99. The molecule has 1 atom stereocenters. The molecule has 0 aliphatic heterocycles. The number of para-hydroxylation sites is 1. The summed E-state index contributed by atoms with van der Waals surface area (Å²) in [5, 5.41) is 4.05. The van der Waals surface area contributed by atoms with E-state index in [0.717, 1.165) is 23.0 Å². The molecule has 3 rings (SSSR count). The molecule has 118 valence electrons. The summed E-state index contributed by atoms with van der Waals surface area (Å²) in [6.07, 6.45) is 0.885. The molecule has 0 bridgehead atoms. The molecule has 2 aromatic carbocycles. The SMILES string of the molecule is CC(C)C[C@@H](NC(=O)c1cc2ccccc2o1)c1ccccc1. The van der Waals surface area contributed by atoms with Gasteiger partial charge in [-0.2, -0.15) is 0 Å². The average molecular weight is 307 g/mol. The van der Waals surface area contributed by atoms with E-state index in [1.165, 1.54) is 0 Å². The summed E-state index contributed by atoms with van der Waals surface area (Å²) < 4.78 is 5.66. The molecule has 0 spiro atoms. The Hall–Kier alpha value is -2.55. The Balaban J connectivity index is 1.82. The van der Waals surface area contributed by atoms with Gasteiger partial charge in [-0.1, -0.05) is 62.4 Å². The molecule has 1 amide bonds. The molecule has 0 radical (unpaired) electrons. The smallest absolute Gasteiger partial charge is 0.287 e. The van der Waals surface area contributed by atoms with Gasteiger partial charge in [-0.15, -0.1) is 0 Å². The van der Waals surface area contributed by atoms with Crippen LogP contribution in [0.15, 0.2) is 65.1 Å². The van der Waals surface area contributed by atoms with Gasteiger partial charge < -0.3 is 9.73 Å². The van der Waals surface area contributed by atoms with Crippen LogP contribution in [0.4, 0.5) is 0 Å². The first kappa shape index (κ1) is 15.3. The van der Waals surface area contributed by atoms with Gasteiger partial charge >= 0.3 is 0 Å². The van der Waals surface area contributed by atoms with E-state index in [4.69, 9.17) is 4.42 Å². The van der Waals surface area contributed by atoms with Crippen molar-refractivity contribution in [2.24, 2.45) is 5.92 Å². The zero-order valence-corrected chi connectivity index (χ0v) is 13.5. The fraction of sp³-hybridized carbons (Fsp3) is 0.250. The van der Waals surface area contributed by atoms with Crippen molar-refractivity contribution in [3.63, 3.8) is 0 Å². The third-order valence-electron chi connectivity index (χ3n) is 3.86. The van der Waals surface area contributed by atoms with E-state index in [-0.39, 0.29) is 11.9 Å². The van der Waals surface area contributed by atoms with Gasteiger partial charge in [0.25, 0.3) is 5.91 Å². The van der Waals surface area contributed by atoms with Crippen molar-refractivity contribution in [3.05, 3.63) is 72.0 Å². The molecule has 0 aliphatic rings. The van der Waals surface area contributed by atoms with Crippen LogP contribution in [0, 0.1) is 5.92 Å². The highest BCUT2D eigenvalue weighted by molar-refractivity contribution is 5.96. The highest BCUT2D eigenvalue weighted by Crippen LogP contribution is 2.23. The van der Waals surface area contributed by atoms with Gasteiger partial charge in [0.1, 0.15) is 5.58 Å². The molecule has 0 saturated carbocycles. The lowest BCUT2D eigenvalue weighted by molar-refractivity contribution is 0.0906. The molecule has 3 heteroatoms. The van der Waals surface area contributed by atoms with E-state index in [0.29, 0.717) is 11.7 Å². The lowest BCUT2D eigenvalue weighted by atomic mass is 9.97. The Morgan fingerprint density at radius 3 is 2.43 bits per heavy atom. The van der Waals surface area contributed by atoms with Crippen LogP contribution in [0.2, 0.25) is 0 Å². The summed E-state index contributed by atoms with van der Waals surface area (Å²) in [6.45, 7) is 4.31. The number of fused-ring (bicyclic) bond motifs is 1. The summed E-state index contributed by atoms with van der Waals surface area (Å²) in [6, 6.07) is 19.5. The van der Waals surface area contributed by atoms with Gasteiger partial charge in [0.05, 0.1) is 6.04 Å². The fourth-order valence-electron chi connectivity index (χ4n) is 2.76. The minimum absolute atomic E-state index is 0.0167. The van der Waals surface area contributed by atoms with E-state index < -0.39 is 0 Å². The summed E-state index contributed by atoms with van der Waals surface area (Å²) in [5.41, 5.74) is 1.85. The van der Waals surface area contributed by atoms with Crippen molar-refractivity contribution >= 4 is 16.9 Å². The Bertz CT molecular complexity index is 757. The molecule has 0 unspecified atom stereocenters. The van der Waals surface area contributed by atoms with Gasteiger partial charge in [0.15, 0.2) is 5.76 Å². The van der Waals surface area contributed by atoms with Crippen LogP contribution in [0.25, 0.3) is 11.0 Å². The van der Waals surface area contributed by atoms with Crippen LogP contribution >= 0.6 is 0 Å². The predicted octanol–water partition coefficient (Wildman–Crippen LogP) is 4.95. The maximum absolute atomic E-state index is 12.6. The molecular weight excluding hydrogens is 286 g/mol. The largest absolute Gasteiger partial charge is 0.451 e. The molecule has 0 aliphatic carbocycles. The quantitative estimate of drug-likeness (QED) is 0.724. The Kier molecular flexibility index (Phi) is 4.47. The van der Waals surface area contributed by atoms with Gasteiger partial charge in [-0.3, -0.25) is 4.79 Å². The minimum Gasteiger partial charge on any atom is -0.451 e. The van der Waals surface area contributed by atoms with E-state index >= 15 is 0 Å². The highest BCUT2D eigenvalue weighted by Gasteiger charge is 2.19. The number of hydrogen-bond acceptors (Lipinski definition) is 2. The molecule has 0 fully saturated rings. The van der Waals surface area contributed by atoms with Crippen LogP contribution in [0.5, 0.6) is 0 Å². The maximum atomic E-state index is 12.6. The van der Waals surface area contributed by atoms with Crippen molar-refractivity contribution in [1.82, 2.24) is 5.32 Å². The number of hydrogen-bond donors (Lipinski definition) is 1. The normalized spacial score (nSPS) is 12.5. The lowest BCUT2D eigenvalue weighted by Gasteiger charge is -2.20. The first-order valence-electron chi connectivity index (χ1n) is 7.98. The third-order valence-corrected chi connectivity index (χ3v) is 3.86. The van der Waals surface area contributed by atoms with Crippen LogP contribution in [-0.2, 0) is 0 Å². The number of amides is 1. The second-order valence-corrected chi connectivity index (χ2v) is 6.21. The first-order valence-corrected chi connectivity index (χ1v) is 7.98. The first-order chi connectivity index (χ1) is 11.1. The van der Waals surface area contributed by atoms with Crippen molar-refractivity contribution < 1.29 is 9.21 Å². The second-order valence-electron chi connectivity index (χ2n) is 6.21. The topological polar surface area (TPSA) is 42.2 Å². The Morgan fingerprint density at radius 1 is 1.04 bits per heavy atom. The monoisotopic (exact) mass is 307 g/mol. The highest BCUT2D eigenvalue weighted by atomic mass is 16.3. The summed E-state index contributed by atoms with van der Waals surface area (Å²) >= 11 is 0. The van der Waals surface area contributed by atoms with E-state index in [9.17, 15) is 4.79 Å². The lowest BCUT2D eigenvalue weighted by Crippen LogP contribution is -2.29. The zero-order valence-electron chi connectivity index (χ0n) is 13.5. The molecule has 23 heavy (non-hydrogen) atoms. The number of benzene rings is 2. The third kappa shape index (κ3) is 3.62. The number of nitrogens with one attached hydrogen (secondary N) is 1. The zero-order chi connectivity index (χ0) is 16.2. The molecule has 1 heterocycles. The standard InChI is InChI=1S/C20H21NO2/c1-14(2)12-17(15-8-4-3-5-9-15)21-20(22)19-13-16-10-6-7-11-18(16)23-19/h3-11,13-14,17H,12H2,1-2H3,(H,21,22)/t17-/m1/s1. The van der Waals surface area contributed by atoms with E-state index in [1.54, 1.807) is 6.07 Å². The van der Waals surface area contributed by atoms with Crippen molar-refractivity contribution in [2.45, 2.75) is 26.3 Å².